The monoisotopic (exact) mass is 427 g/mol. The normalized spacial score (nSPS) is 11.2. The number of hydrogen-bond acceptors (Lipinski definition) is 6. The maximum Gasteiger partial charge on any atom is 0.226 e. The van der Waals surface area contributed by atoms with Gasteiger partial charge in [0.1, 0.15) is 16.9 Å². The molecule has 0 radical (unpaired) electrons. The van der Waals surface area contributed by atoms with E-state index in [1.54, 1.807) is 13.2 Å². The summed E-state index contributed by atoms with van der Waals surface area (Å²) in [6.45, 7) is 0. The number of carbonyl (C=O) groups is 1. The van der Waals surface area contributed by atoms with Crippen molar-refractivity contribution in [3.63, 3.8) is 0 Å². The molecule has 0 saturated carbocycles. The average Bonchev–Trinajstić information content (AvgIpc) is 3.43. The summed E-state index contributed by atoms with van der Waals surface area (Å²) in [6.07, 6.45) is 1.41. The lowest BCUT2D eigenvalue weighted by Crippen LogP contribution is -2.12. The molecule has 0 bridgehead atoms. The lowest BCUT2D eigenvalue weighted by molar-refractivity contribution is -0.116. The molecule has 1 amide bonds. The fourth-order valence-electron chi connectivity index (χ4n) is 3.69. The minimum atomic E-state index is -0.124. The van der Waals surface area contributed by atoms with E-state index >= 15 is 0 Å². The molecule has 2 aromatic heterocycles. The second-order valence-electron chi connectivity index (χ2n) is 7.43. The molecule has 0 aliphatic carbocycles. The van der Waals surface area contributed by atoms with Crippen LogP contribution in [0.25, 0.3) is 33.3 Å². The number of para-hydroxylation sites is 1. The second-order valence-corrected chi connectivity index (χ2v) is 7.43. The number of nitrogens with zero attached hydrogens (tertiary/aromatic N) is 2. The Balaban J connectivity index is 1.24. The molecular formula is C25H21N3O4. The molecule has 0 fully saturated rings. The Kier molecular flexibility index (Phi) is 5.29. The fraction of sp³-hybridized carbons (Fsp3) is 0.160. The highest BCUT2D eigenvalue weighted by Crippen LogP contribution is 2.36. The Hall–Kier alpha value is -4.13. The van der Waals surface area contributed by atoms with Crippen LogP contribution >= 0.6 is 0 Å². The van der Waals surface area contributed by atoms with E-state index < -0.39 is 0 Å². The van der Waals surface area contributed by atoms with E-state index in [0.29, 0.717) is 48.0 Å². The Bertz CT molecular complexity index is 1390. The number of ether oxygens (including phenoxy) is 1. The maximum atomic E-state index is 12.5. The summed E-state index contributed by atoms with van der Waals surface area (Å²) >= 11 is 0. The molecule has 7 heteroatoms. The zero-order valence-corrected chi connectivity index (χ0v) is 17.5. The first kappa shape index (κ1) is 19.8. The van der Waals surface area contributed by atoms with E-state index in [4.69, 9.17) is 13.7 Å². The van der Waals surface area contributed by atoms with Crippen LogP contribution in [0.5, 0.6) is 5.75 Å². The van der Waals surface area contributed by atoms with Crippen LogP contribution in [0.3, 0.4) is 0 Å². The molecule has 160 valence electrons. The van der Waals surface area contributed by atoms with Crippen LogP contribution < -0.4 is 10.1 Å². The van der Waals surface area contributed by atoms with Crippen LogP contribution in [0, 0.1) is 0 Å². The minimum absolute atomic E-state index is 0.124. The van der Waals surface area contributed by atoms with Gasteiger partial charge in [0.05, 0.1) is 12.8 Å². The van der Waals surface area contributed by atoms with Crippen molar-refractivity contribution in [1.82, 2.24) is 10.1 Å². The van der Waals surface area contributed by atoms with E-state index in [9.17, 15) is 4.79 Å². The van der Waals surface area contributed by atoms with Gasteiger partial charge < -0.3 is 19.0 Å². The van der Waals surface area contributed by atoms with Gasteiger partial charge in [-0.1, -0.05) is 53.7 Å². The lowest BCUT2D eigenvalue weighted by atomic mass is 10.1. The molecule has 5 rings (SSSR count). The van der Waals surface area contributed by atoms with Gasteiger partial charge in [0, 0.05) is 35.2 Å². The van der Waals surface area contributed by atoms with Crippen LogP contribution in [0.15, 0.2) is 75.7 Å². The Labute approximate surface area is 184 Å². The maximum absolute atomic E-state index is 12.5. The van der Waals surface area contributed by atoms with Gasteiger partial charge in [-0.25, -0.2) is 0 Å². The molecule has 5 aromatic rings. The number of rotatable bonds is 7. The SMILES string of the molecule is COc1cc2c(cc1NC(=O)CCCc1nc(-c3ccccc3)no1)oc1ccccc12. The number of hydrogen-bond donors (Lipinski definition) is 1. The first-order valence-corrected chi connectivity index (χ1v) is 10.4. The van der Waals surface area contributed by atoms with Gasteiger partial charge in [0.15, 0.2) is 0 Å². The molecule has 0 aliphatic rings. The topological polar surface area (TPSA) is 90.4 Å². The standard InChI is InChI=1S/C25H21N3O4/c1-30-22-14-18-17-10-5-6-11-20(17)31-21(18)15-19(22)26-23(29)12-7-13-24-27-25(28-32-24)16-8-3-2-4-9-16/h2-6,8-11,14-15H,7,12-13H2,1H3,(H,26,29). The second kappa shape index (κ2) is 8.55. The number of amides is 1. The van der Waals surface area contributed by atoms with Crippen molar-refractivity contribution in [3.05, 3.63) is 72.6 Å². The number of carbonyl (C=O) groups excluding carboxylic acids is 1. The first-order valence-electron chi connectivity index (χ1n) is 10.4. The molecule has 1 N–H and O–H groups in total. The summed E-state index contributed by atoms with van der Waals surface area (Å²) in [7, 11) is 1.58. The van der Waals surface area contributed by atoms with E-state index in [1.807, 2.05) is 60.7 Å². The summed E-state index contributed by atoms with van der Waals surface area (Å²) in [5, 5.41) is 8.89. The van der Waals surface area contributed by atoms with Crippen molar-refractivity contribution >= 4 is 33.5 Å². The Morgan fingerprint density at radius 3 is 2.66 bits per heavy atom. The van der Waals surface area contributed by atoms with Gasteiger partial charge in [0.2, 0.25) is 17.6 Å². The number of aryl methyl sites for hydroxylation is 1. The fourth-order valence-corrected chi connectivity index (χ4v) is 3.69. The van der Waals surface area contributed by atoms with E-state index in [2.05, 4.69) is 15.5 Å². The van der Waals surface area contributed by atoms with Gasteiger partial charge in [-0.3, -0.25) is 4.79 Å². The molecule has 0 spiro atoms. The highest BCUT2D eigenvalue weighted by atomic mass is 16.5. The smallest absolute Gasteiger partial charge is 0.226 e. The number of methoxy groups -OCH3 is 1. The van der Waals surface area contributed by atoms with Crippen molar-refractivity contribution in [3.8, 4) is 17.1 Å². The largest absolute Gasteiger partial charge is 0.495 e. The van der Waals surface area contributed by atoms with Crippen molar-refractivity contribution in [2.45, 2.75) is 19.3 Å². The van der Waals surface area contributed by atoms with Crippen LogP contribution in [0.2, 0.25) is 0 Å². The Morgan fingerprint density at radius 2 is 1.81 bits per heavy atom. The number of aromatic nitrogens is 2. The molecule has 0 unspecified atom stereocenters. The molecule has 0 saturated heterocycles. The predicted molar refractivity (Wildman–Crippen MR) is 122 cm³/mol. The van der Waals surface area contributed by atoms with Crippen LogP contribution in [0.4, 0.5) is 5.69 Å². The summed E-state index contributed by atoms with van der Waals surface area (Å²) < 4.78 is 16.7. The molecule has 7 nitrogen and oxygen atoms in total. The summed E-state index contributed by atoms with van der Waals surface area (Å²) in [5.41, 5.74) is 2.96. The van der Waals surface area contributed by atoms with Gasteiger partial charge in [-0.05, 0) is 18.6 Å². The first-order chi connectivity index (χ1) is 15.7. The van der Waals surface area contributed by atoms with Crippen LogP contribution in [0.1, 0.15) is 18.7 Å². The molecule has 32 heavy (non-hydrogen) atoms. The zero-order chi connectivity index (χ0) is 21.9. The quantitative estimate of drug-likeness (QED) is 0.363. The summed E-state index contributed by atoms with van der Waals surface area (Å²) in [4.78, 5) is 16.9. The van der Waals surface area contributed by atoms with Crippen molar-refractivity contribution in [1.29, 1.82) is 0 Å². The van der Waals surface area contributed by atoms with Gasteiger partial charge in [0.25, 0.3) is 0 Å². The minimum Gasteiger partial charge on any atom is -0.495 e. The van der Waals surface area contributed by atoms with Crippen molar-refractivity contribution in [2.24, 2.45) is 0 Å². The third-order valence-electron chi connectivity index (χ3n) is 5.27. The molecule has 0 atom stereocenters. The van der Waals surface area contributed by atoms with Crippen LogP contribution in [-0.2, 0) is 11.2 Å². The summed E-state index contributed by atoms with van der Waals surface area (Å²) in [5.74, 6) is 1.52. The predicted octanol–water partition coefficient (Wildman–Crippen LogP) is 5.61. The third kappa shape index (κ3) is 3.92. The van der Waals surface area contributed by atoms with Crippen molar-refractivity contribution < 1.29 is 18.5 Å². The number of anilines is 1. The highest BCUT2D eigenvalue weighted by Gasteiger charge is 2.15. The van der Waals surface area contributed by atoms with Crippen molar-refractivity contribution in [2.75, 3.05) is 12.4 Å². The average molecular weight is 427 g/mol. The zero-order valence-electron chi connectivity index (χ0n) is 17.5. The van der Waals surface area contributed by atoms with Gasteiger partial charge >= 0.3 is 0 Å². The molecule has 2 heterocycles. The third-order valence-corrected chi connectivity index (χ3v) is 5.27. The van der Waals surface area contributed by atoms with Gasteiger partial charge in [-0.15, -0.1) is 0 Å². The highest BCUT2D eigenvalue weighted by molar-refractivity contribution is 6.07. The lowest BCUT2D eigenvalue weighted by Gasteiger charge is -2.10. The van der Waals surface area contributed by atoms with E-state index in [1.165, 1.54) is 0 Å². The van der Waals surface area contributed by atoms with E-state index in [-0.39, 0.29) is 5.91 Å². The molecule has 3 aromatic carbocycles. The number of fused-ring (bicyclic) bond motifs is 3. The van der Waals surface area contributed by atoms with Gasteiger partial charge in [-0.2, -0.15) is 4.98 Å². The molecular weight excluding hydrogens is 406 g/mol. The molecule has 0 aliphatic heterocycles. The Morgan fingerprint density at radius 1 is 1.00 bits per heavy atom. The number of furan rings is 1. The summed E-state index contributed by atoms with van der Waals surface area (Å²) in [6, 6.07) is 21.1. The number of benzene rings is 3. The number of nitrogens with one attached hydrogen (secondary N) is 1. The van der Waals surface area contributed by atoms with Crippen LogP contribution in [-0.4, -0.2) is 23.2 Å². The van der Waals surface area contributed by atoms with E-state index in [0.717, 1.165) is 21.9 Å².